The molecule has 1 saturated heterocycles. The summed E-state index contributed by atoms with van der Waals surface area (Å²) in [5.41, 5.74) is 1.93. The Morgan fingerprint density at radius 2 is 2.00 bits per heavy atom. The van der Waals surface area contributed by atoms with E-state index in [1.807, 2.05) is 31.2 Å². The number of carbonyl (C=O) groups excluding carboxylic acids is 1. The van der Waals surface area contributed by atoms with Crippen molar-refractivity contribution in [2.45, 2.75) is 31.2 Å². The predicted octanol–water partition coefficient (Wildman–Crippen LogP) is 2.76. The maximum atomic E-state index is 12.9. The van der Waals surface area contributed by atoms with Gasteiger partial charge in [0.25, 0.3) is 0 Å². The number of aromatic nitrogens is 2. The minimum absolute atomic E-state index is 0.0968. The van der Waals surface area contributed by atoms with Crippen LogP contribution in [0.4, 0.5) is 0 Å². The summed E-state index contributed by atoms with van der Waals surface area (Å²) in [6.45, 7) is 2.64. The Hall–Kier alpha value is -3.04. The van der Waals surface area contributed by atoms with Crippen LogP contribution in [-0.2, 0) is 21.4 Å². The Kier molecular flexibility index (Phi) is 6.15. The molecular formula is C22H24N4O4S. The van der Waals surface area contributed by atoms with Gasteiger partial charge in [0, 0.05) is 18.7 Å². The highest BCUT2D eigenvalue weighted by atomic mass is 32.2. The van der Waals surface area contributed by atoms with Crippen LogP contribution in [0.1, 0.15) is 24.3 Å². The summed E-state index contributed by atoms with van der Waals surface area (Å²) >= 11 is 0. The summed E-state index contributed by atoms with van der Waals surface area (Å²) in [6, 6.07) is 16.0. The van der Waals surface area contributed by atoms with Gasteiger partial charge in [0.1, 0.15) is 0 Å². The number of amides is 1. The molecule has 162 valence electrons. The molecule has 1 aliphatic rings. The monoisotopic (exact) mass is 440 g/mol. The molecule has 3 aromatic rings. The molecule has 1 aliphatic heterocycles. The van der Waals surface area contributed by atoms with E-state index in [1.54, 1.807) is 30.3 Å². The van der Waals surface area contributed by atoms with Crippen LogP contribution >= 0.6 is 0 Å². The Bertz CT molecular complexity index is 1160. The van der Waals surface area contributed by atoms with Gasteiger partial charge in [-0.25, -0.2) is 8.42 Å². The van der Waals surface area contributed by atoms with Gasteiger partial charge in [0.15, 0.2) is 0 Å². The molecule has 1 aromatic heterocycles. The van der Waals surface area contributed by atoms with E-state index < -0.39 is 15.9 Å². The number of hydrogen-bond acceptors (Lipinski definition) is 6. The van der Waals surface area contributed by atoms with Gasteiger partial charge in [-0.15, -0.1) is 0 Å². The summed E-state index contributed by atoms with van der Waals surface area (Å²) < 4.78 is 32.3. The number of aryl methyl sites for hydroxylation is 1. The third-order valence-corrected chi connectivity index (χ3v) is 7.17. The van der Waals surface area contributed by atoms with Crippen LogP contribution in [-0.4, -0.2) is 41.9 Å². The van der Waals surface area contributed by atoms with Gasteiger partial charge >= 0.3 is 0 Å². The summed E-state index contributed by atoms with van der Waals surface area (Å²) in [6.07, 6.45) is 1.26. The predicted molar refractivity (Wildman–Crippen MR) is 114 cm³/mol. The van der Waals surface area contributed by atoms with Gasteiger partial charge in [0.05, 0.1) is 17.4 Å². The Morgan fingerprint density at radius 1 is 1.19 bits per heavy atom. The van der Waals surface area contributed by atoms with Gasteiger partial charge in [-0.3, -0.25) is 4.79 Å². The van der Waals surface area contributed by atoms with Crippen LogP contribution in [0.25, 0.3) is 11.4 Å². The standard InChI is InChI=1S/C22H24N4O4S/c1-16-7-5-8-17(13-16)21-24-20(30-25-21)14-23-22(27)18-9-6-12-26(15-18)31(28,29)19-10-3-2-4-11-19/h2-5,7-8,10-11,13,18H,6,9,12,14-15H2,1H3,(H,23,27)/t18-/m1/s1. The largest absolute Gasteiger partial charge is 0.347 e. The molecule has 0 radical (unpaired) electrons. The van der Waals surface area contributed by atoms with E-state index >= 15 is 0 Å². The average molecular weight is 441 g/mol. The molecule has 0 aliphatic carbocycles. The number of hydrogen-bond donors (Lipinski definition) is 1. The topological polar surface area (TPSA) is 105 Å². The van der Waals surface area contributed by atoms with Crippen molar-refractivity contribution in [2.24, 2.45) is 5.92 Å². The van der Waals surface area contributed by atoms with E-state index in [2.05, 4.69) is 15.5 Å². The van der Waals surface area contributed by atoms with Crippen LogP contribution in [0.5, 0.6) is 0 Å². The van der Waals surface area contributed by atoms with E-state index in [4.69, 9.17) is 4.52 Å². The Labute approximate surface area is 181 Å². The summed E-state index contributed by atoms with van der Waals surface area (Å²) in [5.74, 6) is 0.120. The molecule has 1 N–H and O–H groups in total. The number of piperidine rings is 1. The quantitative estimate of drug-likeness (QED) is 0.632. The molecule has 8 nitrogen and oxygen atoms in total. The first-order valence-electron chi connectivity index (χ1n) is 10.2. The molecule has 0 spiro atoms. The molecule has 0 saturated carbocycles. The van der Waals surface area contributed by atoms with Gasteiger partial charge in [-0.2, -0.15) is 9.29 Å². The molecule has 2 aromatic carbocycles. The van der Waals surface area contributed by atoms with Crippen LogP contribution in [0.15, 0.2) is 64.0 Å². The van der Waals surface area contributed by atoms with E-state index in [0.29, 0.717) is 31.1 Å². The van der Waals surface area contributed by atoms with Gasteiger partial charge in [-0.05, 0) is 38.0 Å². The smallest absolute Gasteiger partial charge is 0.246 e. The third kappa shape index (κ3) is 4.83. The minimum atomic E-state index is -3.61. The second kappa shape index (κ2) is 8.99. The minimum Gasteiger partial charge on any atom is -0.347 e. The van der Waals surface area contributed by atoms with Crippen LogP contribution < -0.4 is 5.32 Å². The molecule has 1 atom stereocenters. The van der Waals surface area contributed by atoms with Gasteiger partial charge < -0.3 is 9.84 Å². The lowest BCUT2D eigenvalue weighted by Gasteiger charge is -2.31. The maximum Gasteiger partial charge on any atom is 0.246 e. The molecule has 0 bridgehead atoms. The first-order chi connectivity index (χ1) is 14.9. The van der Waals surface area contributed by atoms with E-state index in [9.17, 15) is 13.2 Å². The third-order valence-electron chi connectivity index (χ3n) is 5.29. The number of nitrogens with one attached hydrogen (secondary N) is 1. The van der Waals surface area contributed by atoms with Crippen molar-refractivity contribution in [3.63, 3.8) is 0 Å². The second-order valence-corrected chi connectivity index (χ2v) is 9.55. The fourth-order valence-corrected chi connectivity index (χ4v) is 5.20. The SMILES string of the molecule is Cc1cccc(-c2noc(CNC(=O)[C@@H]3CCCN(S(=O)(=O)c4ccccc4)C3)n2)c1. The zero-order valence-corrected chi connectivity index (χ0v) is 18.0. The van der Waals surface area contributed by atoms with Crippen LogP contribution in [0.3, 0.4) is 0 Å². The second-order valence-electron chi connectivity index (χ2n) is 7.61. The molecule has 1 amide bonds. The normalized spacial score (nSPS) is 17.4. The highest BCUT2D eigenvalue weighted by molar-refractivity contribution is 7.89. The molecule has 1 fully saturated rings. The van der Waals surface area contributed by atoms with Gasteiger partial charge in [-0.1, -0.05) is 47.1 Å². The Morgan fingerprint density at radius 3 is 2.77 bits per heavy atom. The van der Waals surface area contributed by atoms with Crippen molar-refractivity contribution in [1.82, 2.24) is 19.8 Å². The first kappa shape index (κ1) is 21.2. The lowest BCUT2D eigenvalue weighted by molar-refractivity contribution is -0.126. The van der Waals surface area contributed by atoms with Crippen molar-refractivity contribution in [3.8, 4) is 11.4 Å². The highest BCUT2D eigenvalue weighted by Gasteiger charge is 2.33. The molecule has 9 heteroatoms. The maximum absolute atomic E-state index is 12.9. The zero-order valence-electron chi connectivity index (χ0n) is 17.2. The van der Waals surface area contributed by atoms with Crippen molar-refractivity contribution in [2.75, 3.05) is 13.1 Å². The number of sulfonamides is 1. The molecular weight excluding hydrogens is 416 g/mol. The lowest BCUT2D eigenvalue weighted by Crippen LogP contribution is -2.45. The molecule has 0 unspecified atom stereocenters. The number of nitrogens with zero attached hydrogens (tertiary/aromatic N) is 3. The van der Waals surface area contributed by atoms with Crippen molar-refractivity contribution in [1.29, 1.82) is 0 Å². The van der Waals surface area contributed by atoms with E-state index in [-0.39, 0.29) is 23.9 Å². The summed E-state index contributed by atoms with van der Waals surface area (Å²) in [5, 5.41) is 6.77. The first-order valence-corrected chi connectivity index (χ1v) is 11.6. The van der Waals surface area contributed by atoms with E-state index in [0.717, 1.165) is 11.1 Å². The van der Waals surface area contributed by atoms with Crippen LogP contribution in [0, 0.1) is 12.8 Å². The number of rotatable bonds is 6. The Balaban J connectivity index is 1.37. The van der Waals surface area contributed by atoms with Gasteiger partial charge in [0.2, 0.25) is 27.6 Å². The summed E-state index contributed by atoms with van der Waals surface area (Å²) in [4.78, 5) is 17.3. The number of benzene rings is 2. The van der Waals surface area contributed by atoms with Crippen molar-refractivity contribution in [3.05, 3.63) is 66.1 Å². The molecule has 4 rings (SSSR count). The van der Waals surface area contributed by atoms with Crippen molar-refractivity contribution >= 4 is 15.9 Å². The zero-order chi connectivity index (χ0) is 21.8. The van der Waals surface area contributed by atoms with Crippen molar-refractivity contribution < 1.29 is 17.7 Å². The van der Waals surface area contributed by atoms with Crippen LogP contribution in [0.2, 0.25) is 0 Å². The lowest BCUT2D eigenvalue weighted by atomic mass is 9.99. The fourth-order valence-electron chi connectivity index (χ4n) is 3.65. The fraction of sp³-hybridized carbons (Fsp3) is 0.318. The summed E-state index contributed by atoms with van der Waals surface area (Å²) in [7, 11) is -3.61. The number of carbonyl (C=O) groups is 1. The van der Waals surface area contributed by atoms with E-state index in [1.165, 1.54) is 4.31 Å². The molecule has 31 heavy (non-hydrogen) atoms. The molecule has 2 heterocycles. The highest BCUT2D eigenvalue weighted by Crippen LogP contribution is 2.24. The average Bonchev–Trinajstić information content (AvgIpc) is 3.27.